The molecule has 0 amide bonds. The lowest BCUT2D eigenvalue weighted by Crippen LogP contribution is -2.53. The minimum absolute atomic E-state index is 0.159. The van der Waals surface area contributed by atoms with Gasteiger partial charge in [-0.15, -0.1) is 0 Å². The van der Waals surface area contributed by atoms with Crippen molar-refractivity contribution in [2.45, 2.75) is 16.9 Å². The molecule has 0 aliphatic carbocycles. The van der Waals surface area contributed by atoms with Crippen LogP contribution in [-0.2, 0) is 0 Å². The molecule has 0 bridgehead atoms. The molecular formula is C9H4BrClF6O. The smallest absolute Gasteiger partial charge is 0.429 e. The molecule has 1 aromatic carbocycles. The van der Waals surface area contributed by atoms with Gasteiger partial charge in [0.25, 0.3) is 0 Å². The summed E-state index contributed by atoms with van der Waals surface area (Å²) in [7, 11) is 0. The van der Waals surface area contributed by atoms with Gasteiger partial charge in [-0.25, -0.2) is 4.39 Å². The molecule has 1 nitrogen and oxygen atoms in total. The van der Waals surface area contributed by atoms with Gasteiger partial charge in [-0.3, -0.25) is 0 Å². The largest absolute Gasteiger partial charge is 0.453 e. The van der Waals surface area contributed by atoms with Crippen LogP contribution in [0.5, 0.6) is 5.75 Å². The Kier molecular flexibility index (Phi) is 4.12. The van der Waals surface area contributed by atoms with E-state index in [2.05, 4.69) is 4.74 Å². The quantitative estimate of drug-likeness (QED) is 0.550. The summed E-state index contributed by atoms with van der Waals surface area (Å²) in [5.74, 6) is -0.657. The molecule has 0 aromatic heterocycles. The number of hydrogen-bond acceptors (Lipinski definition) is 1. The van der Waals surface area contributed by atoms with Crippen LogP contribution in [0, 0.1) is 0 Å². The molecule has 0 heterocycles. The van der Waals surface area contributed by atoms with Crippen LogP contribution in [0.15, 0.2) is 24.3 Å². The third-order valence-corrected chi connectivity index (χ3v) is 2.94. The van der Waals surface area contributed by atoms with Crippen molar-refractivity contribution in [3.05, 3.63) is 29.3 Å². The summed E-state index contributed by atoms with van der Waals surface area (Å²) in [6, 6.07) is 3.98. The second-order valence-corrected chi connectivity index (χ2v) is 4.67. The average molecular weight is 357 g/mol. The third kappa shape index (κ3) is 3.03. The van der Waals surface area contributed by atoms with E-state index < -0.39 is 22.6 Å². The van der Waals surface area contributed by atoms with Gasteiger partial charge in [0.05, 0.1) is 0 Å². The van der Waals surface area contributed by atoms with E-state index in [0.29, 0.717) is 0 Å². The number of ether oxygens (including phenoxy) is 1. The molecule has 0 fully saturated rings. The molecule has 0 N–H and O–H groups in total. The molecule has 1 rings (SSSR count). The Labute approximate surface area is 111 Å². The van der Waals surface area contributed by atoms with Crippen LogP contribution < -0.4 is 4.74 Å². The normalized spacial score (nSPS) is 16.2. The zero-order valence-corrected chi connectivity index (χ0v) is 10.6. The van der Waals surface area contributed by atoms with Crippen LogP contribution in [0.2, 0.25) is 5.02 Å². The van der Waals surface area contributed by atoms with Crippen molar-refractivity contribution < 1.29 is 31.1 Å². The third-order valence-electron chi connectivity index (χ3n) is 1.78. The van der Waals surface area contributed by atoms with E-state index >= 15 is 0 Å². The summed E-state index contributed by atoms with van der Waals surface area (Å²) in [6.07, 6.45) is -11.0. The topological polar surface area (TPSA) is 9.23 Å². The van der Waals surface area contributed by atoms with Crippen LogP contribution in [0.1, 0.15) is 0 Å². The zero-order chi connectivity index (χ0) is 14.2. The van der Waals surface area contributed by atoms with Crippen LogP contribution in [-0.4, -0.2) is 16.9 Å². The number of halogens is 8. The lowest BCUT2D eigenvalue weighted by Gasteiger charge is -2.29. The van der Waals surface area contributed by atoms with Crippen molar-refractivity contribution in [1.29, 1.82) is 0 Å². The molecule has 0 saturated carbocycles. The highest BCUT2D eigenvalue weighted by Gasteiger charge is 2.72. The first-order chi connectivity index (χ1) is 7.97. The standard InChI is InChI=1S/C9H4BrClF6O/c10-7(12,8(13,14)15)9(16,17)18-6-3-1-5(11)2-4-6/h1-4H. The van der Waals surface area contributed by atoms with Gasteiger partial charge in [0.2, 0.25) is 0 Å². The van der Waals surface area contributed by atoms with E-state index in [9.17, 15) is 26.3 Å². The van der Waals surface area contributed by atoms with Gasteiger partial charge in [-0.1, -0.05) is 11.6 Å². The highest BCUT2D eigenvalue weighted by Crippen LogP contribution is 2.50. The molecule has 18 heavy (non-hydrogen) atoms. The van der Waals surface area contributed by atoms with Gasteiger partial charge in [-0.05, 0) is 40.2 Å². The Hall–Kier alpha value is -0.630. The van der Waals surface area contributed by atoms with Crippen molar-refractivity contribution in [1.82, 2.24) is 0 Å². The molecule has 0 aliphatic rings. The Bertz CT molecular complexity index is 416. The van der Waals surface area contributed by atoms with Gasteiger partial charge < -0.3 is 4.74 Å². The number of alkyl halides is 7. The Morgan fingerprint density at radius 3 is 1.78 bits per heavy atom. The number of hydrogen-bond donors (Lipinski definition) is 0. The number of benzene rings is 1. The Morgan fingerprint density at radius 1 is 0.944 bits per heavy atom. The van der Waals surface area contributed by atoms with Crippen molar-refractivity contribution in [2.75, 3.05) is 0 Å². The predicted molar refractivity (Wildman–Crippen MR) is 55.8 cm³/mol. The molecule has 9 heteroatoms. The van der Waals surface area contributed by atoms with Crippen molar-refractivity contribution in [3.63, 3.8) is 0 Å². The monoisotopic (exact) mass is 356 g/mol. The second-order valence-electron chi connectivity index (χ2n) is 3.14. The van der Waals surface area contributed by atoms with Crippen molar-refractivity contribution >= 4 is 27.5 Å². The molecule has 1 atom stereocenters. The maximum absolute atomic E-state index is 13.1. The maximum atomic E-state index is 13.1. The Morgan fingerprint density at radius 2 is 1.39 bits per heavy atom. The van der Waals surface area contributed by atoms with E-state index in [4.69, 9.17) is 11.6 Å². The lowest BCUT2D eigenvalue weighted by molar-refractivity contribution is -0.318. The maximum Gasteiger partial charge on any atom is 0.453 e. The highest BCUT2D eigenvalue weighted by atomic mass is 79.9. The van der Waals surface area contributed by atoms with Gasteiger partial charge >= 0.3 is 16.9 Å². The summed E-state index contributed by atoms with van der Waals surface area (Å²) in [5.41, 5.74) is 0. The molecule has 0 aliphatic heterocycles. The first-order valence-corrected chi connectivity index (χ1v) is 5.41. The van der Waals surface area contributed by atoms with Gasteiger partial charge in [-0.2, -0.15) is 22.0 Å². The van der Waals surface area contributed by atoms with Crippen LogP contribution in [0.4, 0.5) is 26.3 Å². The summed E-state index contributed by atoms with van der Waals surface area (Å²) >= 11 is 6.74. The van der Waals surface area contributed by atoms with E-state index in [1.807, 2.05) is 0 Å². The molecule has 0 radical (unpaired) electrons. The van der Waals surface area contributed by atoms with Crippen molar-refractivity contribution in [3.8, 4) is 5.75 Å². The van der Waals surface area contributed by atoms with Gasteiger partial charge in [0, 0.05) is 5.02 Å². The number of rotatable bonds is 3. The zero-order valence-electron chi connectivity index (χ0n) is 8.24. The first-order valence-electron chi connectivity index (χ1n) is 4.24. The minimum Gasteiger partial charge on any atom is -0.429 e. The van der Waals surface area contributed by atoms with Crippen molar-refractivity contribution in [2.24, 2.45) is 0 Å². The summed E-state index contributed by atoms with van der Waals surface area (Å²) in [6.45, 7) is 0. The fourth-order valence-electron chi connectivity index (χ4n) is 0.880. The van der Waals surface area contributed by atoms with Crippen LogP contribution in [0.25, 0.3) is 0 Å². The average Bonchev–Trinajstić information content (AvgIpc) is 2.19. The second kappa shape index (κ2) is 4.80. The summed E-state index contributed by atoms with van der Waals surface area (Å²) < 4.78 is 74.2. The fraction of sp³-hybridized carbons (Fsp3) is 0.333. The molecule has 102 valence electrons. The van der Waals surface area contributed by atoms with Gasteiger partial charge in [0.1, 0.15) is 5.75 Å². The van der Waals surface area contributed by atoms with E-state index in [1.54, 1.807) is 0 Å². The van der Waals surface area contributed by atoms with E-state index in [-0.39, 0.29) is 5.02 Å². The molecular weight excluding hydrogens is 353 g/mol. The van der Waals surface area contributed by atoms with E-state index in [0.717, 1.165) is 24.3 Å². The molecule has 1 unspecified atom stereocenters. The van der Waals surface area contributed by atoms with Crippen LogP contribution >= 0.6 is 27.5 Å². The lowest BCUT2D eigenvalue weighted by atomic mass is 10.3. The fourth-order valence-corrected chi connectivity index (χ4v) is 1.09. The molecule has 0 spiro atoms. The summed E-state index contributed by atoms with van der Waals surface area (Å²) in [4.78, 5) is 0. The highest BCUT2D eigenvalue weighted by molar-refractivity contribution is 9.10. The SMILES string of the molecule is FC(F)(F)C(F)(Br)C(F)(F)Oc1ccc(Cl)cc1. The van der Waals surface area contributed by atoms with E-state index in [1.165, 1.54) is 15.9 Å². The van der Waals surface area contributed by atoms with Crippen LogP contribution in [0.3, 0.4) is 0 Å². The first kappa shape index (κ1) is 15.4. The summed E-state index contributed by atoms with van der Waals surface area (Å²) in [5, 5.41) is 0.159. The predicted octanol–water partition coefficient (Wildman–Crippen LogP) is 4.93. The van der Waals surface area contributed by atoms with Gasteiger partial charge in [0.15, 0.2) is 0 Å². The molecule has 1 aromatic rings. The Balaban J connectivity index is 2.97. The minimum atomic E-state index is -5.84. The molecule has 0 saturated heterocycles.